The fourth-order valence-electron chi connectivity index (χ4n) is 3.35. The quantitative estimate of drug-likeness (QED) is 0.660. The molecule has 144 valence electrons. The molecule has 0 radical (unpaired) electrons. The Kier molecular flexibility index (Phi) is 5.84. The summed E-state index contributed by atoms with van der Waals surface area (Å²) in [4.78, 5) is 13.5. The van der Waals surface area contributed by atoms with E-state index in [0.29, 0.717) is 21.3 Å². The molecule has 1 aliphatic carbocycles. The second kappa shape index (κ2) is 7.81. The summed E-state index contributed by atoms with van der Waals surface area (Å²) in [6.45, 7) is 1.78. The van der Waals surface area contributed by atoms with Crippen LogP contribution in [0.4, 0.5) is 4.39 Å². The average molecular weight is 454 g/mol. The molecule has 0 saturated carbocycles. The number of hydrogen-bond donors (Lipinski definition) is 2. The van der Waals surface area contributed by atoms with Crippen LogP contribution in [-0.2, 0) is 11.2 Å². The van der Waals surface area contributed by atoms with Crippen LogP contribution in [-0.4, -0.2) is 30.0 Å². The number of thioether (sulfide) groups is 1. The maximum absolute atomic E-state index is 15.7. The lowest BCUT2D eigenvalue weighted by Crippen LogP contribution is -2.47. The highest BCUT2D eigenvalue weighted by atomic mass is 79.9. The minimum absolute atomic E-state index is 0.167. The van der Waals surface area contributed by atoms with Gasteiger partial charge in [-0.2, -0.15) is 0 Å². The molecule has 2 aromatic rings. The first-order valence-electron chi connectivity index (χ1n) is 8.49. The predicted molar refractivity (Wildman–Crippen MR) is 108 cm³/mol. The summed E-state index contributed by atoms with van der Waals surface area (Å²) in [6, 6.07) is 10.4. The average Bonchev–Trinajstić information content (AvgIpc) is 2.96. The van der Waals surface area contributed by atoms with Gasteiger partial charge < -0.3 is 15.2 Å². The lowest BCUT2D eigenvalue weighted by atomic mass is 9.97. The van der Waals surface area contributed by atoms with Crippen LogP contribution < -0.4 is 10.1 Å². The van der Waals surface area contributed by atoms with Crippen LogP contribution in [0.25, 0.3) is 0 Å². The molecular formula is C20H21BrFNO3S. The molecule has 27 heavy (non-hydrogen) atoms. The van der Waals surface area contributed by atoms with E-state index in [0.717, 1.165) is 10.5 Å². The number of ether oxygens (including phenoxy) is 1. The number of nitrogens with one attached hydrogen (secondary N) is 1. The van der Waals surface area contributed by atoms with Crippen LogP contribution >= 0.6 is 27.7 Å². The fraction of sp³-hybridized carbons (Fsp3) is 0.350. The Bertz CT molecular complexity index is 861. The Hall–Kier alpha value is -1.57. The number of hydrogen-bond acceptors (Lipinski definition) is 4. The molecule has 2 N–H and O–H groups in total. The van der Waals surface area contributed by atoms with E-state index in [-0.39, 0.29) is 6.42 Å². The van der Waals surface area contributed by atoms with E-state index < -0.39 is 23.7 Å². The van der Waals surface area contributed by atoms with Crippen LogP contribution in [0.2, 0.25) is 0 Å². The third-order valence-corrected chi connectivity index (χ3v) is 6.50. The number of aliphatic hydroxyl groups excluding tert-OH is 1. The molecule has 3 rings (SSSR count). The van der Waals surface area contributed by atoms with Gasteiger partial charge in [-0.3, -0.25) is 4.79 Å². The number of methoxy groups -OCH3 is 1. The highest BCUT2D eigenvalue weighted by molar-refractivity contribution is 9.10. The first-order valence-corrected chi connectivity index (χ1v) is 10.5. The third-order valence-electron chi connectivity index (χ3n) is 4.96. The van der Waals surface area contributed by atoms with Gasteiger partial charge in [0, 0.05) is 21.4 Å². The summed E-state index contributed by atoms with van der Waals surface area (Å²) < 4.78 is 21.5. The van der Waals surface area contributed by atoms with Crippen molar-refractivity contribution in [2.45, 2.75) is 36.1 Å². The topological polar surface area (TPSA) is 58.6 Å². The lowest BCUT2D eigenvalue weighted by Gasteiger charge is -2.26. The van der Waals surface area contributed by atoms with Crippen molar-refractivity contribution in [1.29, 1.82) is 0 Å². The number of fused-ring (bicyclic) bond motifs is 1. The highest BCUT2D eigenvalue weighted by Crippen LogP contribution is 2.48. The summed E-state index contributed by atoms with van der Waals surface area (Å²) in [5.41, 5.74) is -0.448. The number of carbonyl (C=O) groups is 1. The maximum Gasteiger partial charge on any atom is 0.261 e. The van der Waals surface area contributed by atoms with E-state index in [1.165, 1.54) is 11.8 Å². The van der Waals surface area contributed by atoms with Crippen molar-refractivity contribution in [3.8, 4) is 5.75 Å². The molecular weight excluding hydrogens is 433 g/mol. The number of amides is 1. The smallest absolute Gasteiger partial charge is 0.261 e. The van der Waals surface area contributed by atoms with Crippen LogP contribution in [0.3, 0.4) is 0 Å². The summed E-state index contributed by atoms with van der Waals surface area (Å²) in [5.74, 6) is -0.108. The molecule has 2 aromatic carbocycles. The number of benzene rings is 2. The number of halogens is 2. The molecule has 0 fully saturated rings. The van der Waals surface area contributed by atoms with Crippen molar-refractivity contribution < 1.29 is 19.0 Å². The van der Waals surface area contributed by atoms with Crippen molar-refractivity contribution in [1.82, 2.24) is 5.32 Å². The zero-order valence-corrected chi connectivity index (χ0v) is 17.7. The van der Waals surface area contributed by atoms with Gasteiger partial charge in [0.1, 0.15) is 11.9 Å². The maximum atomic E-state index is 15.7. The zero-order valence-electron chi connectivity index (χ0n) is 15.3. The first-order chi connectivity index (χ1) is 12.8. The Balaban J connectivity index is 1.83. The Morgan fingerprint density at radius 3 is 2.63 bits per heavy atom. The largest absolute Gasteiger partial charge is 0.497 e. The molecule has 1 aliphatic rings. The lowest BCUT2D eigenvalue weighted by molar-refractivity contribution is -0.140. The standard InChI is InChI=1S/C20H21BrFNO3S/c1-11(12-4-6-13(26-2)7-5-12)23-19(25)20(22)10-14-15(21)8-9-16(27-3)17(14)18(20)24/h4-9,11,18,24H,10H2,1-3H3,(H,23,25)/t11-,18+,20-/m1/s1. The van der Waals surface area contributed by atoms with Gasteiger partial charge in [0.2, 0.25) is 5.67 Å². The molecule has 0 heterocycles. The van der Waals surface area contributed by atoms with E-state index in [2.05, 4.69) is 21.2 Å². The van der Waals surface area contributed by atoms with Crippen molar-refractivity contribution in [3.05, 3.63) is 57.6 Å². The van der Waals surface area contributed by atoms with Crippen LogP contribution in [0.5, 0.6) is 5.75 Å². The molecule has 1 amide bonds. The third kappa shape index (κ3) is 3.60. The van der Waals surface area contributed by atoms with Gasteiger partial charge in [0.05, 0.1) is 13.2 Å². The van der Waals surface area contributed by atoms with E-state index in [4.69, 9.17) is 4.74 Å². The molecule has 0 spiro atoms. The number of alkyl halides is 1. The van der Waals surface area contributed by atoms with Crippen molar-refractivity contribution in [2.24, 2.45) is 0 Å². The van der Waals surface area contributed by atoms with Gasteiger partial charge in [0.15, 0.2) is 0 Å². The predicted octanol–water partition coefficient (Wildman–Crippen LogP) is 4.35. The number of rotatable bonds is 5. The highest BCUT2D eigenvalue weighted by Gasteiger charge is 2.53. The summed E-state index contributed by atoms with van der Waals surface area (Å²) in [5, 5.41) is 13.4. The minimum Gasteiger partial charge on any atom is -0.497 e. The Morgan fingerprint density at radius 2 is 2.04 bits per heavy atom. The van der Waals surface area contributed by atoms with Gasteiger partial charge >= 0.3 is 0 Å². The second-order valence-electron chi connectivity index (χ2n) is 6.55. The van der Waals surface area contributed by atoms with Crippen LogP contribution in [0.15, 0.2) is 45.8 Å². The van der Waals surface area contributed by atoms with E-state index in [9.17, 15) is 9.90 Å². The molecule has 0 bridgehead atoms. The van der Waals surface area contributed by atoms with Crippen LogP contribution in [0.1, 0.15) is 35.8 Å². The van der Waals surface area contributed by atoms with Gasteiger partial charge in [-0.1, -0.05) is 28.1 Å². The Labute approximate surface area is 170 Å². The fourth-order valence-corrected chi connectivity index (χ4v) is 4.50. The van der Waals surface area contributed by atoms with Gasteiger partial charge in [-0.25, -0.2) is 4.39 Å². The minimum atomic E-state index is -2.41. The molecule has 0 unspecified atom stereocenters. The number of carbonyl (C=O) groups excluding carboxylic acids is 1. The number of aliphatic hydroxyl groups is 1. The molecule has 3 atom stereocenters. The van der Waals surface area contributed by atoms with Crippen molar-refractivity contribution in [2.75, 3.05) is 13.4 Å². The van der Waals surface area contributed by atoms with E-state index >= 15 is 4.39 Å². The monoisotopic (exact) mass is 453 g/mol. The van der Waals surface area contributed by atoms with Gasteiger partial charge in [0.25, 0.3) is 5.91 Å². The zero-order chi connectivity index (χ0) is 19.8. The molecule has 7 heteroatoms. The van der Waals surface area contributed by atoms with Crippen LogP contribution in [0, 0.1) is 0 Å². The summed E-state index contributed by atoms with van der Waals surface area (Å²) in [7, 11) is 1.58. The van der Waals surface area contributed by atoms with Gasteiger partial charge in [-0.05, 0) is 48.6 Å². The van der Waals surface area contributed by atoms with E-state index in [1.807, 2.05) is 30.5 Å². The Morgan fingerprint density at radius 1 is 1.37 bits per heavy atom. The first kappa shape index (κ1) is 20.2. The molecule has 0 aliphatic heterocycles. The van der Waals surface area contributed by atoms with Crippen molar-refractivity contribution in [3.63, 3.8) is 0 Å². The second-order valence-corrected chi connectivity index (χ2v) is 8.25. The SMILES string of the molecule is COc1ccc([C@@H](C)NC(=O)[C@@]2(F)Cc3c(Br)ccc(SC)c3[C@@H]2O)cc1. The summed E-state index contributed by atoms with van der Waals surface area (Å²) in [6.07, 6.45) is 0.190. The van der Waals surface area contributed by atoms with E-state index in [1.54, 1.807) is 26.2 Å². The van der Waals surface area contributed by atoms with Crippen molar-refractivity contribution >= 4 is 33.6 Å². The normalized spacial score (nSPS) is 22.2. The molecule has 4 nitrogen and oxygen atoms in total. The summed E-state index contributed by atoms with van der Waals surface area (Å²) >= 11 is 4.83. The molecule has 0 saturated heterocycles. The van der Waals surface area contributed by atoms with Gasteiger partial charge in [-0.15, -0.1) is 11.8 Å². The molecule has 0 aromatic heterocycles.